The molecule has 0 aliphatic rings. The van der Waals surface area contributed by atoms with E-state index < -0.39 is 59.8 Å². The predicted molar refractivity (Wildman–Crippen MR) is 155 cm³/mol. The highest BCUT2D eigenvalue weighted by atomic mass is 16.4. The second-order valence-corrected chi connectivity index (χ2v) is 9.84. The maximum Gasteiger partial charge on any atom is 0.326 e. The largest absolute Gasteiger partial charge is 0.480 e. The van der Waals surface area contributed by atoms with Crippen molar-refractivity contribution in [1.82, 2.24) is 21.3 Å². The number of nitrogens with two attached hydrogens (primary N) is 6. The Morgan fingerprint density at radius 1 is 0.463 bits per heavy atom. The Morgan fingerprint density at radius 3 is 1.05 bits per heavy atom. The Hall–Kier alpha value is -2.89. The first-order chi connectivity index (χ1) is 19.6. The van der Waals surface area contributed by atoms with Gasteiger partial charge < -0.3 is 60.8 Å². The summed E-state index contributed by atoms with van der Waals surface area (Å²) in [5, 5.41) is 19.8. The second-order valence-electron chi connectivity index (χ2n) is 9.84. The number of carboxylic acid groups (broad SMARTS) is 1. The van der Waals surface area contributed by atoms with E-state index in [0.717, 1.165) is 0 Å². The summed E-state index contributed by atoms with van der Waals surface area (Å²) in [6, 6.07) is -5.23. The highest BCUT2D eigenvalue weighted by Crippen LogP contribution is 2.06. The first-order valence-corrected chi connectivity index (χ1v) is 14.3. The van der Waals surface area contributed by atoms with Gasteiger partial charge in [-0.05, 0) is 96.9 Å². The summed E-state index contributed by atoms with van der Waals surface area (Å²) in [5.41, 5.74) is 33.7. The fraction of sp³-hybridized carbons (Fsp3) is 0.800. The fourth-order valence-corrected chi connectivity index (χ4v) is 3.92. The van der Waals surface area contributed by atoms with Gasteiger partial charge in [0.05, 0.1) is 6.04 Å². The van der Waals surface area contributed by atoms with Crippen molar-refractivity contribution in [2.45, 2.75) is 94.4 Å². The molecule has 0 aromatic heterocycles. The van der Waals surface area contributed by atoms with Crippen LogP contribution in [0.4, 0.5) is 0 Å². The van der Waals surface area contributed by atoms with E-state index in [9.17, 15) is 29.1 Å². The molecule has 0 heterocycles. The molecule has 16 nitrogen and oxygen atoms in total. The maximum absolute atomic E-state index is 13.3. The molecule has 0 aliphatic heterocycles. The zero-order chi connectivity index (χ0) is 31.2. The quantitative estimate of drug-likeness (QED) is 0.0514. The molecule has 5 atom stereocenters. The predicted octanol–water partition coefficient (Wildman–Crippen LogP) is -3.97. The Bertz CT molecular complexity index is 803. The molecule has 0 aliphatic carbocycles. The molecule has 238 valence electrons. The summed E-state index contributed by atoms with van der Waals surface area (Å²) in [6.45, 7) is 1.36. The third kappa shape index (κ3) is 16.2. The Labute approximate surface area is 241 Å². The van der Waals surface area contributed by atoms with Crippen molar-refractivity contribution in [3.05, 3.63) is 0 Å². The third-order valence-corrected chi connectivity index (χ3v) is 6.36. The molecule has 0 bridgehead atoms. The van der Waals surface area contributed by atoms with E-state index in [4.69, 9.17) is 34.4 Å². The Morgan fingerprint density at radius 2 is 0.732 bits per heavy atom. The summed E-state index contributed by atoms with van der Waals surface area (Å²) in [5.74, 6) is -3.73. The van der Waals surface area contributed by atoms with E-state index in [1.54, 1.807) is 0 Å². The van der Waals surface area contributed by atoms with Gasteiger partial charge in [0.15, 0.2) is 0 Å². The van der Waals surface area contributed by atoms with Gasteiger partial charge in [-0.25, -0.2) is 4.79 Å². The molecule has 0 radical (unpaired) electrons. The fourth-order valence-electron chi connectivity index (χ4n) is 3.92. The molecule has 0 saturated carbocycles. The van der Waals surface area contributed by atoms with Crippen LogP contribution in [-0.4, -0.2) is 97.6 Å². The van der Waals surface area contributed by atoms with E-state index in [1.807, 2.05) is 0 Å². The summed E-state index contributed by atoms with van der Waals surface area (Å²) in [7, 11) is 0. The summed E-state index contributed by atoms with van der Waals surface area (Å²) in [6.07, 6.45) is 3.06. The van der Waals surface area contributed by atoms with Crippen LogP contribution in [0.2, 0.25) is 0 Å². The molecule has 0 fully saturated rings. The minimum atomic E-state index is -1.22. The van der Waals surface area contributed by atoms with Gasteiger partial charge in [-0.15, -0.1) is 0 Å². The van der Waals surface area contributed by atoms with Gasteiger partial charge >= 0.3 is 5.97 Å². The lowest BCUT2D eigenvalue weighted by molar-refractivity contribution is -0.142. The number of nitrogens with one attached hydrogen (secondary N) is 4. The number of carbonyl (C=O) groups is 5. The number of hydrogen-bond donors (Lipinski definition) is 11. The SMILES string of the molecule is NCCC[C@H](NC(=O)[C@H](CCCN)NC(=O)[C@H](CCCN)NC(=O)[C@H](CCCN)NC(=O)[C@@H](N)CCCN)C(=O)O. The third-order valence-electron chi connectivity index (χ3n) is 6.36. The first-order valence-electron chi connectivity index (χ1n) is 14.3. The Balaban J connectivity index is 5.69. The van der Waals surface area contributed by atoms with E-state index in [2.05, 4.69) is 21.3 Å². The number of amides is 4. The minimum absolute atomic E-state index is 0.121. The molecule has 17 N–H and O–H groups in total. The van der Waals surface area contributed by atoms with E-state index in [1.165, 1.54) is 0 Å². The summed E-state index contributed by atoms with van der Waals surface area (Å²) < 4.78 is 0. The number of carboxylic acids is 1. The molecular weight excluding hydrogens is 536 g/mol. The zero-order valence-electron chi connectivity index (χ0n) is 23.9. The molecule has 16 heteroatoms. The van der Waals surface area contributed by atoms with Gasteiger partial charge in [0.1, 0.15) is 24.2 Å². The van der Waals surface area contributed by atoms with Crippen LogP contribution in [0, 0.1) is 0 Å². The van der Waals surface area contributed by atoms with Crippen molar-refractivity contribution in [3.63, 3.8) is 0 Å². The van der Waals surface area contributed by atoms with Crippen molar-refractivity contribution < 1.29 is 29.1 Å². The normalized spacial score (nSPS) is 14.7. The molecule has 0 saturated heterocycles. The standard InChI is InChI=1S/C25H52N10O6/c26-11-1-6-16(31)21(36)32-17(7-2-12-27)22(37)33-18(8-3-13-28)23(38)34-19(9-4-14-29)24(39)35-20(25(40)41)10-5-15-30/h16-20H,1-15,26-31H2,(H,32,36)(H,33,37)(H,34,38)(H,35,39)(H,40,41)/t16-,17-,18-,19-,20-/m0/s1. The van der Waals surface area contributed by atoms with Crippen LogP contribution >= 0.6 is 0 Å². The second kappa shape index (κ2) is 22.8. The number of carbonyl (C=O) groups excluding carboxylic acids is 4. The lowest BCUT2D eigenvalue weighted by Crippen LogP contribution is -2.58. The molecule has 0 rings (SSSR count). The lowest BCUT2D eigenvalue weighted by atomic mass is 10.0. The highest BCUT2D eigenvalue weighted by molar-refractivity contribution is 5.95. The van der Waals surface area contributed by atoms with Gasteiger partial charge in [-0.2, -0.15) is 0 Å². The van der Waals surface area contributed by atoms with Crippen LogP contribution in [-0.2, 0) is 24.0 Å². The van der Waals surface area contributed by atoms with Gasteiger partial charge in [0, 0.05) is 0 Å². The van der Waals surface area contributed by atoms with Crippen molar-refractivity contribution in [2.24, 2.45) is 34.4 Å². The topological polar surface area (TPSA) is 310 Å². The van der Waals surface area contributed by atoms with E-state index in [-0.39, 0.29) is 51.9 Å². The minimum Gasteiger partial charge on any atom is -0.480 e. The highest BCUT2D eigenvalue weighted by Gasteiger charge is 2.31. The number of aliphatic carboxylic acids is 1. The van der Waals surface area contributed by atoms with E-state index in [0.29, 0.717) is 45.1 Å². The molecular formula is C25H52N10O6. The lowest BCUT2D eigenvalue weighted by Gasteiger charge is -2.26. The average molecular weight is 589 g/mol. The number of hydrogen-bond acceptors (Lipinski definition) is 11. The van der Waals surface area contributed by atoms with Gasteiger partial charge in [0.2, 0.25) is 23.6 Å². The molecule has 0 spiro atoms. The van der Waals surface area contributed by atoms with Crippen LogP contribution < -0.4 is 55.7 Å². The van der Waals surface area contributed by atoms with Crippen molar-refractivity contribution >= 4 is 29.6 Å². The van der Waals surface area contributed by atoms with Crippen molar-refractivity contribution in [1.29, 1.82) is 0 Å². The molecule has 41 heavy (non-hydrogen) atoms. The van der Waals surface area contributed by atoms with Crippen LogP contribution in [0.15, 0.2) is 0 Å². The summed E-state index contributed by atoms with van der Waals surface area (Å²) >= 11 is 0. The number of rotatable bonds is 24. The zero-order valence-corrected chi connectivity index (χ0v) is 23.9. The van der Waals surface area contributed by atoms with Gasteiger partial charge in [0.25, 0.3) is 0 Å². The van der Waals surface area contributed by atoms with Crippen LogP contribution in [0.5, 0.6) is 0 Å². The van der Waals surface area contributed by atoms with Crippen LogP contribution in [0.25, 0.3) is 0 Å². The molecule has 0 aromatic carbocycles. The smallest absolute Gasteiger partial charge is 0.326 e. The monoisotopic (exact) mass is 588 g/mol. The van der Waals surface area contributed by atoms with Gasteiger partial charge in [-0.3, -0.25) is 19.2 Å². The Kier molecular flexibility index (Phi) is 21.2. The molecule has 4 amide bonds. The van der Waals surface area contributed by atoms with Crippen molar-refractivity contribution in [2.75, 3.05) is 32.7 Å². The van der Waals surface area contributed by atoms with E-state index >= 15 is 0 Å². The average Bonchev–Trinajstić information content (AvgIpc) is 2.95. The van der Waals surface area contributed by atoms with Crippen molar-refractivity contribution in [3.8, 4) is 0 Å². The molecule has 0 unspecified atom stereocenters. The van der Waals surface area contributed by atoms with Crippen LogP contribution in [0.3, 0.4) is 0 Å². The summed E-state index contributed by atoms with van der Waals surface area (Å²) in [4.78, 5) is 63.6. The van der Waals surface area contributed by atoms with Crippen LogP contribution in [0.1, 0.15) is 64.2 Å². The van der Waals surface area contributed by atoms with Gasteiger partial charge in [-0.1, -0.05) is 0 Å². The maximum atomic E-state index is 13.3. The molecule has 0 aromatic rings. The first kappa shape index (κ1) is 38.1.